The molecule has 3 nitrogen and oxygen atoms in total. The average molecular weight is 260 g/mol. The van der Waals surface area contributed by atoms with Gasteiger partial charge in [-0.2, -0.15) is 0 Å². The van der Waals surface area contributed by atoms with Crippen LogP contribution in [0.2, 0.25) is 0 Å². The summed E-state index contributed by atoms with van der Waals surface area (Å²) in [6, 6.07) is 9.45. The molecule has 1 fully saturated rings. The van der Waals surface area contributed by atoms with Gasteiger partial charge in [0.15, 0.2) is 0 Å². The Kier molecular flexibility index (Phi) is 4.04. The molecule has 1 saturated heterocycles. The van der Waals surface area contributed by atoms with Crippen LogP contribution in [0.25, 0.3) is 0 Å². The van der Waals surface area contributed by atoms with Gasteiger partial charge in [-0.15, -0.1) is 0 Å². The highest BCUT2D eigenvalue weighted by atomic mass is 16.5. The van der Waals surface area contributed by atoms with Gasteiger partial charge < -0.3 is 15.0 Å². The van der Waals surface area contributed by atoms with E-state index in [1.165, 1.54) is 30.6 Å². The number of aryl methyl sites for hydroxylation is 1. The van der Waals surface area contributed by atoms with E-state index in [4.69, 9.17) is 4.74 Å². The molecule has 0 bridgehead atoms. The van der Waals surface area contributed by atoms with Gasteiger partial charge in [0.25, 0.3) is 0 Å². The molecule has 3 rings (SSSR count). The predicted molar refractivity (Wildman–Crippen MR) is 78.7 cm³/mol. The number of nitrogens with zero attached hydrogens (tertiary/aromatic N) is 1. The molecular formula is C16H24N2O. The molecule has 1 aromatic carbocycles. The number of fused-ring (bicyclic) bond motifs is 1. The number of ether oxygens (including phenoxy) is 1. The largest absolute Gasteiger partial charge is 0.381 e. The molecule has 1 N–H and O–H groups in total. The number of benzene rings is 1. The molecule has 0 spiro atoms. The Morgan fingerprint density at radius 1 is 1.37 bits per heavy atom. The van der Waals surface area contributed by atoms with Crippen molar-refractivity contribution >= 4 is 5.69 Å². The van der Waals surface area contributed by atoms with Gasteiger partial charge in [0.05, 0.1) is 6.61 Å². The molecule has 0 aliphatic carbocycles. The van der Waals surface area contributed by atoms with Crippen LogP contribution in [0.15, 0.2) is 24.3 Å². The Labute approximate surface area is 115 Å². The molecule has 104 valence electrons. The summed E-state index contributed by atoms with van der Waals surface area (Å²) < 4.78 is 5.68. The molecule has 0 aromatic heterocycles. The number of nitrogens with one attached hydrogen (secondary N) is 1. The van der Waals surface area contributed by atoms with Gasteiger partial charge in [-0.05, 0) is 37.9 Å². The molecule has 2 unspecified atom stereocenters. The van der Waals surface area contributed by atoms with Crippen molar-refractivity contribution in [3.63, 3.8) is 0 Å². The van der Waals surface area contributed by atoms with Crippen LogP contribution in [-0.2, 0) is 11.2 Å². The molecule has 1 aromatic rings. The van der Waals surface area contributed by atoms with E-state index in [9.17, 15) is 0 Å². The third-order valence-electron chi connectivity index (χ3n) is 4.51. The molecule has 0 saturated carbocycles. The standard InChI is InChI=1S/C16H24N2O/c1-17-15-8-10-19-12-14(15)11-18-9-4-6-13-5-2-3-7-16(13)18/h2-3,5,7,14-15,17H,4,6,8-12H2,1H3. The first-order valence-corrected chi connectivity index (χ1v) is 7.46. The zero-order valence-electron chi connectivity index (χ0n) is 11.8. The van der Waals surface area contributed by atoms with Crippen LogP contribution in [0.4, 0.5) is 5.69 Å². The summed E-state index contributed by atoms with van der Waals surface area (Å²) in [4.78, 5) is 2.56. The highest BCUT2D eigenvalue weighted by Gasteiger charge is 2.27. The average Bonchev–Trinajstić information content (AvgIpc) is 2.48. The fourth-order valence-electron chi connectivity index (χ4n) is 3.44. The third-order valence-corrected chi connectivity index (χ3v) is 4.51. The van der Waals surface area contributed by atoms with Gasteiger partial charge in [0, 0.05) is 37.3 Å². The fraction of sp³-hybridized carbons (Fsp3) is 0.625. The summed E-state index contributed by atoms with van der Waals surface area (Å²) in [5.74, 6) is 0.602. The summed E-state index contributed by atoms with van der Waals surface area (Å²) in [5, 5.41) is 3.46. The van der Waals surface area contributed by atoms with Crippen molar-refractivity contribution in [2.75, 3.05) is 38.3 Å². The maximum absolute atomic E-state index is 5.68. The van der Waals surface area contributed by atoms with Crippen LogP contribution in [0.1, 0.15) is 18.4 Å². The van der Waals surface area contributed by atoms with Gasteiger partial charge in [-0.25, -0.2) is 0 Å². The minimum atomic E-state index is 0.600. The first-order valence-electron chi connectivity index (χ1n) is 7.46. The number of para-hydroxylation sites is 1. The van der Waals surface area contributed by atoms with E-state index in [2.05, 4.69) is 41.5 Å². The van der Waals surface area contributed by atoms with Gasteiger partial charge in [-0.1, -0.05) is 18.2 Å². The fourth-order valence-corrected chi connectivity index (χ4v) is 3.44. The number of hydrogen-bond donors (Lipinski definition) is 1. The summed E-state index contributed by atoms with van der Waals surface area (Å²) in [7, 11) is 2.08. The lowest BCUT2D eigenvalue weighted by Gasteiger charge is -2.38. The topological polar surface area (TPSA) is 24.5 Å². The maximum atomic E-state index is 5.68. The van der Waals surface area contributed by atoms with Crippen molar-refractivity contribution in [2.24, 2.45) is 5.92 Å². The zero-order chi connectivity index (χ0) is 13.1. The van der Waals surface area contributed by atoms with E-state index in [1.807, 2.05) is 0 Å². The molecule has 2 atom stereocenters. The Morgan fingerprint density at radius 2 is 2.26 bits per heavy atom. The lowest BCUT2D eigenvalue weighted by atomic mass is 9.93. The monoisotopic (exact) mass is 260 g/mol. The van der Waals surface area contributed by atoms with E-state index in [1.54, 1.807) is 0 Å². The van der Waals surface area contributed by atoms with Gasteiger partial charge in [-0.3, -0.25) is 0 Å². The number of hydrogen-bond acceptors (Lipinski definition) is 3. The molecule has 0 radical (unpaired) electrons. The second-order valence-corrected chi connectivity index (χ2v) is 5.70. The Morgan fingerprint density at radius 3 is 3.16 bits per heavy atom. The van der Waals surface area contributed by atoms with Crippen LogP contribution in [0.5, 0.6) is 0 Å². The quantitative estimate of drug-likeness (QED) is 0.900. The van der Waals surface area contributed by atoms with Crippen molar-refractivity contribution in [3.05, 3.63) is 29.8 Å². The first-order chi connectivity index (χ1) is 9.38. The van der Waals surface area contributed by atoms with Crippen LogP contribution in [-0.4, -0.2) is 39.4 Å². The Balaban J connectivity index is 1.73. The van der Waals surface area contributed by atoms with Crippen LogP contribution in [0.3, 0.4) is 0 Å². The molecule has 2 heterocycles. The molecule has 0 amide bonds. The molecule has 19 heavy (non-hydrogen) atoms. The SMILES string of the molecule is CNC1CCOCC1CN1CCCc2ccccc21. The lowest BCUT2D eigenvalue weighted by molar-refractivity contribution is 0.0366. The van der Waals surface area contributed by atoms with Crippen molar-refractivity contribution < 1.29 is 4.74 Å². The first kappa shape index (κ1) is 12.9. The van der Waals surface area contributed by atoms with E-state index in [0.717, 1.165) is 26.2 Å². The van der Waals surface area contributed by atoms with E-state index < -0.39 is 0 Å². The van der Waals surface area contributed by atoms with Crippen LogP contribution >= 0.6 is 0 Å². The predicted octanol–water partition coefficient (Wildman–Crippen LogP) is 2.06. The van der Waals surface area contributed by atoms with Crippen molar-refractivity contribution in [3.8, 4) is 0 Å². The highest BCUT2D eigenvalue weighted by molar-refractivity contribution is 5.55. The number of rotatable bonds is 3. The van der Waals surface area contributed by atoms with E-state index in [0.29, 0.717) is 12.0 Å². The summed E-state index contributed by atoms with van der Waals surface area (Å²) in [5.41, 5.74) is 2.95. The third kappa shape index (κ3) is 2.77. The lowest BCUT2D eigenvalue weighted by Crippen LogP contribution is -2.47. The summed E-state index contributed by atoms with van der Waals surface area (Å²) >= 11 is 0. The second-order valence-electron chi connectivity index (χ2n) is 5.70. The Bertz CT molecular complexity index is 421. The zero-order valence-corrected chi connectivity index (χ0v) is 11.8. The normalized spacial score (nSPS) is 27.1. The smallest absolute Gasteiger partial charge is 0.0526 e. The summed E-state index contributed by atoms with van der Waals surface area (Å²) in [6.45, 7) is 4.09. The van der Waals surface area contributed by atoms with E-state index >= 15 is 0 Å². The van der Waals surface area contributed by atoms with E-state index in [-0.39, 0.29) is 0 Å². The van der Waals surface area contributed by atoms with Crippen LogP contribution in [0, 0.1) is 5.92 Å². The van der Waals surface area contributed by atoms with Crippen LogP contribution < -0.4 is 10.2 Å². The highest BCUT2D eigenvalue weighted by Crippen LogP contribution is 2.28. The Hall–Kier alpha value is -1.06. The molecule has 2 aliphatic rings. The van der Waals surface area contributed by atoms with Crippen molar-refractivity contribution in [2.45, 2.75) is 25.3 Å². The van der Waals surface area contributed by atoms with Gasteiger partial charge in [0.2, 0.25) is 0 Å². The minimum Gasteiger partial charge on any atom is -0.381 e. The number of anilines is 1. The van der Waals surface area contributed by atoms with Crippen molar-refractivity contribution in [1.82, 2.24) is 5.32 Å². The molecule has 2 aliphatic heterocycles. The van der Waals surface area contributed by atoms with Gasteiger partial charge in [0.1, 0.15) is 0 Å². The minimum absolute atomic E-state index is 0.600. The maximum Gasteiger partial charge on any atom is 0.0526 e. The summed E-state index contributed by atoms with van der Waals surface area (Å²) in [6.07, 6.45) is 3.63. The molecule has 3 heteroatoms. The van der Waals surface area contributed by atoms with Crippen molar-refractivity contribution in [1.29, 1.82) is 0 Å². The second kappa shape index (κ2) is 5.93. The van der Waals surface area contributed by atoms with Gasteiger partial charge >= 0.3 is 0 Å². The molecular weight excluding hydrogens is 236 g/mol.